The largest absolute Gasteiger partial charge is 0.480 e. The number of carbonyl (C=O) groups excluding carboxylic acids is 5. The Morgan fingerprint density at radius 2 is 1.54 bits per heavy atom. The number of rotatable bonds is 14. The van der Waals surface area contributed by atoms with Gasteiger partial charge in [-0.2, -0.15) is 0 Å². The zero-order valence-electron chi connectivity index (χ0n) is 24.6. The van der Waals surface area contributed by atoms with Crippen LogP contribution in [0.4, 0.5) is 0 Å². The maximum atomic E-state index is 13.6. The summed E-state index contributed by atoms with van der Waals surface area (Å²) in [6, 6.07) is -4.67. The standard InChI is InChI=1S/C27H46N6O8/c1-14(2)12-18(27(41)33-11-7-9-19(33)24(38)29-13-20(35)36)30-25(39)21(15(3)4)31-26(40)22(16(5)34)32-23(37)17-8-6-10-28-17/h14-19,21-22,28,34H,6-13H2,1-5H3,(H,29,38)(H,30,39)(H,31,40)(H,32,37)(H,35,36). The SMILES string of the molecule is CC(C)CC(NC(=O)C(NC(=O)C(NC(=O)C1CCCN1)C(C)O)C(C)C)C(=O)N1CCCC1C(=O)NCC(=O)O. The monoisotopic (exact) mass is 582 g/mol. The number of carbonyl (C=O) groups is 6. The van der Waals surface area contributed by atoms with Gasteiger partial charge in [0.15, 0.2) is 0 Å². The van der Waals surface area contributed by atoms with Crippen molar-refractivity contribution < 1.29 is 39.0 Å². The third-order valence-electron chi connectivity index (χ3n) is 7.26. The van der Waals surface area contributed by atoms with Crippen molar-refractivity contribution in [1.29, 1.82) is 0 Å². The Bertz CT molecular complexity index is 965. The summed E-state index contributed by atoms with van der Waals surface area (Å²) in [5, 5.41) is 32.4. The van der Waals surface area contributed by atoms with Gasteiger partial charge in [-0.1, -0.05) is 27.7 Å². The van der Waals surface area contributed by atoms with E-state index in [0.717, 1.165) is 6.42 Å². The molecule has 2 heterocycles. The molecule has 6 unspecified atom stereocenters. The van der Waals surface area contributed by atoms with E-state index in [9.17, 15) is 33.9 Å². The van der Waals surface area contributed by atoms with Gasteiger partial charge in [0.05, 0.1) is 12.1 Å². The fourth-order valence-electron chi connectivity index (χ4n) is 5.08. The molecule has 6 atom stereocenters. The van der Waals surface area contributed by atoms with E-state index in [1.165, 1.54) is 11.8 Å². The Kier molecular flexibility index (Phi) is 13.0. The summed E-state index contributed by atoms with van der Waals surface area (Å²) in [5.41, 5.74) is 0. The van der Waals surface area contributed by atoms with Crippen LogP contribution in [0, 0.1) is 11.8 Å². The van der Waals surface area contributed by atoms with Crippen molar-refractivity contribution in [1.82, 2.24) is 31.5 Å². The molecule has 14 nitrogen and oxygen atoms in total. The van der Waals surface area contributed by atoms with E-state index in [0.29, 0.717) is 25.8 Å². The number of aliphatic hydroxyl groups excluding tert-OH is 1. The molecule has 2 aliphatic heterocycles. The zero-order valence-corrected chi connectivity index (χ0v) is 24.6. The van der Waals surface area contributed by atoms with Gasteiger partial charge >= 0.3 is 5.97 Å². The van der Waals surface area contributed by atoms with Crippen LogP contribution in [-0.4, -0.2) is 107 Å². The maximum absolute atomic E-state index is 13.6. The van der Waals surface area contributed by atoms with Gasteiger partial charge in [-0.15, -0.1) is 0 Å². The average Bonchev–Trinajstić information content (AvgIpc) is 3.60. The molecule has 41 heavy (non-hydrogen) atoms. The first-order chi connectivity index (χ1) is 19.2. The average molecular weight is 583 g/mol. The summed E-state index contributed by atoms with van der Waals surface area (Å²) in [7, 11) is 0. The van der Waals surface area contributed by atoms with Crippen LogP contribution in [-0.2, 0) is 28.8 Å². The summed E-state index contributed by atoms with van der Waals surface area (Å²) < 4.78 is 0. The highest BCUT2D eigenvalue weighted by Crippen LogP contribution is 2.21. The molecule has 0 aliphatic carbocycles. The summed E-state index contributed by atoms with van der Waals surface area (Å²) >= 11 is 0. The number of likely N-dealkylation sites (tertiary alicyclic amines) is 1. The van der Waals surface area contributed by atoms with E-state index >= 15 is 0 Å². The second kappa shape index (κ2) is 15.7. The minimum Gasteiger partial charge on any atom is -0.480 e. The maximum Gasteiger partial charge on any atom is 0.322 e. The van der Waals surface area contributed by atoms with E-state index in [1.807, 2.05) is 13.8 Å². The van der Waals surface area contributed by atoms with Crippen LogP contribution < -0.4 is 26.6 Å². The molecular formula is C27H46N6O8. The lowest BCUT2D eigenvalue weighted by atomic mass is 9.98. The minimum atomic E-state index is -1.29. The normalized spacial score (nSPS) is 21.6. The van der Waals surface area contributed by atoms with Gasteiger partial charge in [-0.3, -0.25) is 28.8 Å². The highest BCUT2D eigenvalue weighted by molar-refractivity contribution is 5.96. The summed E-state index contributed by atoms with van der Waals surface area (Å²) in [5.74, 6) is -4.41. The molecule has 0 aromatic carbocycles. The molecule has 7 N–H and O–H groups in total. The second-order valence-electron chi connectivity index (χ2n) is 11.6. The number of carboxylic acid groups (broad SMARTS) is 1. The quantitative estimate of drug-likeness (QED) is 0.127. The molecule has 2 fully saturated rings. The second-order valence-corrected chi connectivity index (χ2v) is 11.6. The van der Waals surface area contributed by atoms with E-state index in [1.54, 1.807) is 13.8 Å². The van der Waals surface area contributed by atoms with Crippen molar-refractivity contribution in [2.24, 2.45) is 11.8 Å². The summed E-state index contributed by atoms with van der Waals surface area (Å²) in [6.45, 7) is 8.95. The molecule has 0 aromatic heterocycles. The van der Waals surface area contributed by atoms with E-state index in [2.05, 4.69) is 26.6 Å². The Labute approximate surface area is 240 Å². The van der Waals surface area contributed by atoms with Gasteiger partial charge in [0, 0.05) is 6.54 Å². The molecule has 0 radical (unpaired) electrons. The van der Waals surface area contributed by atoms with Crippen molar-refractivity contribution >= 4 is 35.5 Å². The molecule has 0 spiro atoms. The van der Waals surface area contributed by atoms with Crippen molar-refractivity contribution in [2.45, 2.75) is 103 Å². The molecule has 2 rings (SSSR count). The van der Waals surface area contributed by atoms with E-state index < -0.39 is 84.3 Å². The molecule has 2 aliphatic rings. The molecule has 0 aromatic rings. The number of hydrogen-bond donors (Lipinski definition) is 7. The topological polar surface area (TPSA) is 206 Å². The number of aliphatic hydroxyl groups is 1. The Balaban J connectivity index is 2.14. The van der Waals surface area contributed by atoms with Crippen molar-refractivity contribution in [3.63, 3.8) is 0 Å². The lowest BCUT2D eigenvalue weighted by molar-refractivity contribution is -0.143. The van der Waals surface area contributed by atoms with Crippen LogP contribution in [0.1, 0.15) is 66.7 Å². The van der Waals surface area contributed by atoms with Crippen molar-refractivity contribution in [2.75, 3.05) is 19.6 Å². The van der Waals surface area contributed by atoms with Gasteiger partial charge in [-0.25, -0.2) is 0 Å². The predicted octanol–water partition coefficient (Wildman–Crippen LogP) is -1.53. The smallest absolute Gasteiger partial charge is 0.322 e. The predicted molar refractivity (Wildman–Crippen MR) is 148 cm³/mol. The van der Waals surface area contributed by atoms with Crippen LogP contribution in [0.25, 0.3) is 0 Å². The highest BCUT2D eigenvalue weighted by Gasteiger charge is 2.39. The van der Waals surface area contributed by atoms with Crippen LogP contribution in [0.3, 0.4) is 0 Å². The number of nitrogens with zero attached hydrogens (tertiary/aromatic N) is 1. The molecule has 5 amide bonds. The third kappa shape index (κ3) is 9.95. The Morgan fingerprint density at radius 3 is 2.07 bits per heavy atom. The van der Waals surface area contributed by atoms with Crippen molar-refractivity contribution in [3.8, 4) is 0 Å². The van der Waals surface area contributed by atoms with Gasteiger partial charge in [0.25, 0.3) is 0 Å². The van der Waals surface area contributed by atoms with Crippen molar-refractivity contribution in [3.05, 3.63) is 0 Å². The number of carboxylic acids is 1. The fraction of sp³-hybridized carbons (Fsp3) is 0.778. The first-order valence-electron chi connectivity index (χ1n) is 14.3. The minimum absolute atomic E-state index is 0.00254. The van der Waals surface area contributed by atoms with Gasteiger partial charge in [-0.05, 0) is 57.4 Å². The van der Waals surface area contributed by atoms with Crippen LogP contribution >= 0.6 is 0 Å². The first-order valence-corrected chi connectivity index (χ1v) is 14.3. The van der Waals surface area contributed by atoms with E-state index in [4.69, 9.17) is 5.11 Å². The molecule has 2 saturated heterocycles. The Hall–Kier alpha value is -3.26. The molecule has 0 saturated carbocycles. The first kappa shape index (κ1) is 33.9. The number of amides is 5. The fourth-order valence-corrected chi connectivity index (χ4v) is 5.08. The summed E-state index contributed by atoms with van der Waals surface area (Å²) in [4.78, 5) is 77.5. The Morgan fingerprint density at radius 1 is 0.878 bits per heavy atom. The van der Waals surface area contributed by atoms with E-state index in [-0.39, 0.29) is 18.9 Å². The zero-order chi connectivity index (χ0) is 30.9. The molecule has 0 bridgehead atoms. The van der Waals surface area contributed by atoms with Gasteiger partial charge < -0.3 is 41.7 Å². The number of nitrogens with one attached hydrogen (secondary N) is 5. The number of aliphatic carboxylic acids is 1. The van der Waals surface area contributed by atoms with Crippen LogP contribution in [0.15, 0.2) is 0 Å². The third-order valence-corrected chi connectivity index (χ3v) is 7.26. The van der Waals surface area contributed by atoms with Crippen LogP contribution in [0.5, 0.6) is 0 Å². The lowest BCUT2D eigenvalue weighted by Crippen LogP contribution is -2.61. The highest BCUT2D eigenvalue weighted by atomic mass is 16.4. The van der Waals surface area contributed by atoms with Crippen LogP contribution in [0.2, 0.25) is 0 Å². The molecule has 232 valence electrons. The number of hydrogen-bond acceptors (Lipinski definition) is 8. The summed E-state index contributed by atoms with van der Waals surface area (Å²) in [6.07, 6.45) is 1.39. The lowest BCUT2D eigenvalue weighted by Gasteiger charge is -2.31. The molecule has 14 heteroatoms. The van der Waals surface area contributed by atoms with Gasteiger partial charge in [0.2, 0.25) is 29.5 Å². The molecular weight excluding hydrogens is 536 g/mol. The van der Waals surface area contributed by atoms with Gasteiger partial charge in [0.1, 0.15) is 30.7 Å².